The van der Waals surface area contributed by atoms with Crippen molar-refractivity contribution in [3.8, 4) is 5.75 Å². The van der Waals surface area contributed by atoms with Gasteiger partial charge in [0.1, 0.15) is 5.69 Å². The van der Waals surface area contributed by atoms with Crippen LogP contribution in [0.15, 0.2) is 54.1 Å². The van der Waals surface area contributed by atoms with E-state index in [9.17, 15) is 52.0 Å². The van der Waals surface area contributed by atoms with Crippen molar-refractivity contribution in [2.75, 3.05) is 9.80 Å². The van der Waals surface area contributed by atoms with E-state index in [-0.39, 0.29) is 33.8 Å². The number of aromatic hydroxyl groups is 1. The zero-order chi connectivity index (χ0) is 36.4. The molecule has 3 aromatic carbocycles. The van der Waals surface area contributed by atoms with Crippen LogP contribution in [0.5, 0.6) is 5.75 Å². The molecular formula is C32H17Cl2F6N3O7. The summed E-state index contributed by atoms with van der Waals surface area (Å²) in [5.41, 5.74) is -2.51. The molecule has 50 heavy (non-hydrogen) atoms. The zero-order valence-corrected chi connectivity index (χ0v) is 26.1. The summed E-state index contributed by atoms with van der Waals surface area (Å²) in [4.78, 5) is 61.3. The lowest BCUT2D eigenvalue weighted by molar-refractivity contribution is -0.384. The molecule has 4 amide bonds. The van der Waals surface area contributed by atoms with Gasteiger partial charge in [0.25, 0.3) is 17.5 Å². The molecule has 2 aliphatic carbocycles. The minimum absolute atomic E-state index is 0.0357. The van der Waals surface area contributed by atoms with Crippen LogP contribution in [0.25, 0.3) is 0 Å². The molecular weight excluding hydrogens is 723 g/mol. The molecule has 0 aromatic heterocycles. The molecule has 6 atom stereocenters. The van der Waals surface area contributed by atoms with Gasteiger partial charge in [0.05, 0.1) is 22.4 Å². The van der Waals surface area contributed by atoms with E-state index < -0.39 is 115 Å². The number of phenolic OH excluding ortho intramolecular Hbond substituents is 1. The van der Waals surface area contributed by atoms with Gasteiger partial charge in [-0.1, -0.05) is 17.7 Å². The number of carbonyl (C=O) groups is 4. The monoisotopic (exact) mass is 739 g/mol. The summed E-state index contributed by atoms with van der Waals surface area (Å²) in [5, 5.41) is 21.0. The van der Waals surface area contributed by atoms with Crippen LogP contribution < -0.4 is 9.80 Å². The first-order chi connectivity index (χ1) is 23.5. The van der Waals surface area contributed by atoms with E-state index in [4.69, 9.17) is 23.2 Å². The van der Waals surface area contributed by atoms with E-state index in [1.165, 1.54) is 6.08 Å². The lowest BCUT2D eigenvalue weighted by atomic mass is 9.56. The average Bonchev–Trinajstić information content (AvgIpc) is 3.42. The number of carbonyl (C=O) groups excluding carboxylic acids is 4. The second-order valence-electron chi connectivity index (χ2n) is 12.2. The third-order valence-electron chi connectivity index (χ3n) is 9.85. The number of allylic oxidation sites excluding steroid dienone is 2. The van der Waals surface area contributed by atoms with Gasteiger partial charge >= 0.3 is 0 Å². The number of alkyl halides is 2. The molecule has 3 fully saturated rings. The van der Waals surface area contributed by atoms with Gasteiger partial charge in [0.2, 0.25) is 17.6 Å². The molecule has 7 rings (SSSR count). The third kappa shape index (κ3) is 4.17. The minimum atomic E-state index is -2.87. The first-order valence-corrected chi connectivity index (χ1v) is 15.3. The lowest BCUT2D eigenvalue weighted by Gasteiger charge is -2.50. The van der Waals surface area contributed by atoms with Gasteiger partial charge in [-0.25, -0.2) is 31.2 Å². The van der Waals surface area contributed by atoms with Crippen LogP contribution in [-0.4, -0.2) is 43.4 Å². The number of fused-ring (bicyclic) bond motifs is 4. The van der Waals surface area contributed by atoms with E-state index in [2.05, 4.69) is 0 Å². The number of rotatable bonds is 4. The number of anilines is 2. The van der Waals surface area contributed by atoms with Gasteiger partial charge < -0.3 is 5.11 Å². The molecule has 0 unspecified atom stereocenters. The molecule has 18 heteroatoms. The molecule has 0 spiro atoms. The van der Waals surface area contributed by atoms with E-state index in [0.29, 0.717) is 0 Å². The van der Waals surface area contributed by atoms with Crippen LogP contribution in [0.3, 0.4) is 0 Å². The third-order valence-corrected chi connectivity index (χ3v) is 11.3. The molecule has 2 saturated heterocycles. The van der Waals surface area contributed by atoms with E-state index in [0.717, 1.165) is 47.4 Å². The predicted molar refractivity (Wildman–Crippen MR) is 160 cm³/mol. The van der Waals surface area contributed by atoms with Gasteiger partial charge in [-0.15, -0.1) is 23.2 Å². The summed E-state index contributed by atoms with van der Waals surface area (Å²) in [7, 11) is 0. The summed E-state index contributed by atoms with van der Waals surface area (Å²) in [5.74, 6) is -25.3. The summed E-state index contributed by atoms with van der Waals surface area (Å²) in [6, 6.07) is 7.12. The number of benzene rings is 3. The highest BCUT2D eigenvalue weighted by atomic mass is 35.5. The number of hydrogen-bond donors (Lipinski definition) is 1. The maximum Gasteiger partial charge on any atom is 0.269 e. The van der Waals surface area contributed by atoms with Crippen molar-refractivity contribution < 1.29 is 55.6 Å². The van der Waals surface area contributed by atoms with E-state index >= 15 is 8.78 Å². The minimum Gasteiger partial charge on any atom is -0.505 e. The van der Waals surface area contributed by atoms with Gasteiger partial charge in [0.15, 0.2) is 44.6 Å². The van der Waals surface area contributed by atoms with Crippen LogP contribution in [0.2, 0.25) is 0 Å². The lowest BCUT2D eigenvalue weighted by Crippen LogP contribution is -2.60. The first kappa shape index (κ1) is 33.5. The number of nitro groups is 1. The molecule has 258 valence electrons. The number of amides is 4. The topological polar surface area (TPSA) is 138 Å². The number of nitro benzene ring substituents is 1. The highest BCUT2D eigenvalue weighted by Crippen LogP contribution is 2.66. The van der Waals surface area contributed by atoms with Gasteiger partial charge in [-0.3, -0.25) is 34.2 Å². The van der Waals surface area contributed by atoms with Crippen molar-refractivity contribution in [3.63, 3.8) is 0 Å². The maximum atomic E-state index is 15.1. The molecule has 1 saturated carbocycles. The van der Waals surface area contributed by atoms with Gasteiger partial charge in [-0.2, -0.15) is 0 Å². The Morgan fingerprint density at radius 3 is 1.98 bits per heavy atom. The Hall–Kier alpha value is -4.96. The first-order valence-electron chi connectivity index (χ1n) is 14.6. The average molecular weight is 740 g/mol. The Morgan fingerprint density at radius 1 is 0.800 bits per heavy atom. The molecule has 0 radical (unpaired) electrons. The Bertz CT molecular complexity index is 2120. The second kappa shape index (κ2) is 11.0. The molecule has 0 bridgehead atoms. The molecule has 2 aliphatic heterocycles. The number of non-ortho nitro benzene ring substituents is 1. The van der Waals surface area contributed by atoms with Crippen LogP contribution >= 0.6 is 23.2 Å². The fourth-order valence-electron chi connectivity index (χ4n) is 7.62. The summed E-state index contributed by atoms with van der Waals surface area (Å²) < 4.78 is 87.7. The van der Waals surface area contributed by atoms with Crippen molar-refractivity contribution in [1.82, 2.24) is 0 Å². The highest BCUT2D eigenvalue weighted by Gasteiger charge is 2.77. The molecule has 3 aromatic rings. The summed E-state index contributed by atoms with van der Waals surface area (Å²) in [6.45, 7) is 0. The van der Waals surface area contributed by atoms with E-state index in [1.54, 1.807) is 0 Å². The second-order valence-corrected chi connectivity index (χ2v) is 13.4. The quantitative estimate of drug-likeness (QED) is 0.0514. The maximum absolute atomic E-state index is 15.1. The Labute approximate surface area is 285 Å². The van der Waals surface area contributed by atoms with E-state index in [1.807, 2.05) is 0 Å². The number of phenols is 1. The molecule has 4 aliphatic rings. The summed E-state index contributed by atoms with van der Waals surface area (Å²) >= 11 is 13.9. The predicted octanol–water partition coefficient (Wildman–Crippen LogP) is 5.90. The summed E-state index contributed by atoms with van der Waals surface area (Å²) in [6.07, 6.45) is 0.435. The van der Waals surface area contributed by atoms with Crippen molar-refractivity contribution in [2.24, 2.45) is 17.8 Å². The van der Waals surface area contributed by atoms with Crippen LogP contribution in [0, 0.1) is 62.8 Å². The fourth-order valence-corrected chi connectivity index (χ4v) is 8.56. The van der Waals surface area contributed by atoms with Crippen LogP contribution in [-0.2, 0) is 19.2 Å². The fraction of sp³-hybridized carbons (Fsp3) is 0.250. The van der Waals surface area contributed by atoms with Crippen LogP contribution in [0.1, 0.15) is 24.3 Å². The van der Waals surface area contributed by atoms with Gasteiger partial charge in [0, 0.05) is 18.1 Å². The van der Waals surface area contributed by atoms with Crippen molar-refractivity contribution in [1.29, 1.82) is 0 Å². The van der Waals surface area contributed by atoms with Crippen molar-refractivity contribution in [2.45, 2.75) is 28.5 Å². The largest absolute Gasteiger partial charge is 0.505 e. The number of nitrogens with zero attached hydrogens (tertiary/aromatic N) is 3. The van der Waals surface area contributed by atoms with Gasteiger partial charge in [-0.05, 0) is 48.6 Å². The highest BCUT2D eigenvalue weighted by molar-refractivity contribution is 6.58. The Morgan fingerprint density at radius 2 is 1.40 bits per heavy atom. The number of halogens is 8. The standard InChI is InChI=1S/C32H17Cl2F6N3O7/c33-31-10-16-14(6-7-15-19(16)28(46)41(27(15)45)12-2-4-13(5-3-12)43(49)50)20(11-1-8-18(44)17(35)9-11)32(31,34)30(48)42(29(31)47)26-24(39)22(37)21(36)23(38)25(26)40/h1-6,8-9,15-16,19-20,44H,7,10H2/t15-,16+,19-,20-,31+,32-/m0/s1. The normalized spacial score (nSPS) is 28.8. The molecule has 2 heterocycles. The number of hydrogen-bond acceptors (Lipinski definition) is 7. The van der Waals surface area contributed by atoms with Crippen LogP contribution in [0.4, 0.5) is 43.4 Å². The molecule has 1 N–H and O–H groups in total. The smallest absolute Gasteiger partial charge is 0.269 e. The number of imide groups is 2. The Kier molecular flexibility index (Phi) is 7.39. The zero-order valence-electron chi connectivity index (χ0n) is 24.6. The SMILES string of the molecule is O=C1[C@H]2[C@H](CC=C3[C@H]2C[C@@]2(Cl)C(=O)N(c4c(F)c(F)c(F)c(F)c4F)C(=O)[C@@]2(Cl)[C@H]3c2ccc(O)c(F)c2)C(=O)N1c1ccc([N+](=O)[O-])cc1. The Balaban J connectivity index is 1.41. The molecule has 10 nitrogen and oxygen atoms in total. The van der Waals surface area contributed by atoms with Crippen molar-refractivity contribution >= 4 is 63.9 Å². The van der Waals surface area contributed by atoms with Crippen molar-refractivity contribution in [3.05, 3.63) is 105 Å².